The molecule has 0 bridgehead atoms. The number of carbonyl (C=O) groups is 2. The summed E-state index contributed by atoms with van der Waals surface area (Å²) in [6.07, 6.45) is 6.74. The van der Waals surface area contributed by atoms with Crippen molar-refractivity contribution < 1.29 is 27.2 Å². The first kappa shape index (κ1) is 32.2. The van der Waals surface area contributed by atoms with E-state index in [9.17, 15) is 27.2 Å². The fraction of sp³-hybridized carbons (Fsp3) is 0.467. The monoisotopic (exact) mass is 702 g/mol. The highest BCUT2D eigenvalue weighted by Gasteiger charge is 2.45. The number of aromatic nitrogens is 6. The van der Waals surface area contributed by atoms with Gasteiger partial charge in [0.05, 0.1) is 39.0 Å². The summed E-state index contributed by atoms with van der Waals surface area (Å²) in [5, 5.41) is 25.1. The molecule has 48 heavy (non-hydrogen) atoms. The van der Waals surface area contributed by atoms with Crippen molar-refractivity contribution in [2.24, 2.45) is 0 Å². The highest BCUT2D eigenvalue weighted by molar-refractivity contribution is 7.15. The zero-order valence-electron chi connectivity index (χ0n) is 25.4. The quantitative estimate of drug-likeness (QED) is 0.219. The number of hydrogen-bond acceptors (Lipinski definition) is 12. The van der Waals surface area contributed by atoms with E-state index in [1.54, 1.807) is 24.3 Å². The van der Waals surface area contributed by atoms with Gasteiger partial charge in [-0.15, -0.1) is 20.4 Å². The molecular weight excluding hydrogens is 673 g/mol. The molecule has 18 heteroatoms. The SMILES string of the molecule is O=C(Cc1ccc(N2CC(F)(F)C2)nc1)Nc1nnc([C@H]2CCC[C@H](c3nnc(NC(=O)Cc4ccc(N5CC(F)(F)C5)nc4)s3)C2)s1. The number of alkyl halides is 4. The van der Waals surface area contributed by atoms with Crippen molar-refractivity contribution in [3.8, 4) is 0 Å². The van der Waals surface area contributed by atoms with Gasteiger partial charge in [-0.05, 0) is 42.5 Å². The smallest absolute Gasteiger partial charge is 0.282 e. The molecule has 0 aromatic carbocycles. The third-order valence-electron chi connectivity index (χ3n) is 8.43. The van der Waals surface area contributed by atoms with Gasteiger partial charge in [0, 0.05) is 24.2 Å². The normalized spacial score (nSPS) is 21.2. The number of nitrogens with one attached hydrogen (secondary N) is 2. The molecule has 1 saturated carbocycles. The molecule has 12 nitrogen and oxygen atoms in total. The zero-order chi connectivity index (χ0) is 33.5. The van der Waals surface area contributed by atoms with Crippen LogP contribution in [-0.4, -0.2) is 80.2 Å². The van der Waals surface area contributed by atoms with Gasteiger partial charge in [-0.1, -0.05) is 41.2 Å². The van der Waals surface area contributed by atoms with E-state index in [0.717, 1.165) is 35.7 Å². The number of pyridine rings is 2. The Labute approximate surface area is 280 Å². The van der Waals surface area contributed by atoms with Gasteiger partial charge in [0.2, 0.25) is 22.1 Å². The van der Waals surface area contributed by atoms with Crippen molar-refractivity contribution in [1.82, 2.24) is 30.4 Å². The highest BCUT2D eigenvalue weighted by atomic mass is 32.1. The van der Waals surface area contributed by atoms with Crippen LogP contribution in [0.5, 0.6) is 0 Å². The molecule has 1 aliphatic carbocycles. The second kappa shape index (κ2) is 12.9. The fourth-order valence-corrected chi connectivity index (χ4v) is 7.82. The van der Waals surface area contributed by atoms with Gasteiger partial charge in [-0.25, -0.2) is 27.5 Å². The highest BCUT2D eigenvalue weighted by Crippen LogP contribution is 2.43. The Balaban J connectivity index is 0.876. The summed E-state index contributed by atoms with van der Waals surface area (Å²) in [6.45, 7) is -1.42. The molecule has 0 spiro atoms. The first-order chi connectivity index (χ1) is 23.0. The van der Waals surface area contributed by atoms with Crippen molar-refractivity contribution in [2.75, 3.05) is 46.6 Å². The van der Waals surface area contributed by atoms with E-state index in [4.69, 9.17) is 0 Å². The molecule has 3 aliphatic rings. The molecule has 2 atom stereocenters. The third-order valence-corrected chi connectivity index (χ3v) is 10.4. The average molecular weight is 703 g/mol. The first-order valence-electron chi connectivity index (χ1n) is 15.4. The van der Waals surface area contributed by atoms with Gasteiger partial charge in [0.25, 0.3) is 11.8 Å². The number of halogens is 4. The van der Waals surface area contributed by atoms with Crippen LogP contribution in [0.25, 0.3) is 0 Å². The van der Waals surface area contributed by atoms with Gasteiger partial charge in [-0.2, -0.15) is 0 Å². The predicted molar refractivity (Wildman–Crippen MR) is 171 cm³/mol. The Kier molecular flexibility index (Phi) is 8.69. The molecule has 7 rings (SSSR count). The van der Waals surface area contributed by atoms with E-state index >= 15 is 0 Å². The average Bonchev–Trinajstić information content (AvgIpc) is 3.69. The van der Waals surface area contributed by atoms with Gasteiger partial charge < -0.3 is 20.4 Å². The predicted octanol–water partition coefficient (Wildman–Crippen LogP) is 4.89. The van der Waals surface area contributed by atoms with Crippen LogP contribution in [0.4, 0.5) is 39.5 Å². The zero-order valence-corrected chi connectivity index (χ0v) is 27.0. The molecule has 4 aromatic heterocycles. The van der Waals surface area contributed by atoms with Gasteiger partial charge in [0.1, 0.15) is 21.7 Å². The maximum atomic E-state index is 13.1. The Morgan fingerprint density at radius 1 is 0.708 bits per heavy atom. The van der Waals surface area contributed by atoms with E-state index in [1.807, 2.05) is 0 Å². The van der Waals surface area contributed by atoms with E-state index in [2.05, 4.69) is 41.0 Å². The molecule has 4 aromatic rings. The topological polar surface area (TPSA) is 142 Å². The van der Waals surface area contributed by atoms with Gasteiger partial charge in [-0.3, -0.25) is 9.59 Å². The second-order valence-electron chi connectivity index (χ2n) is 12.4. The lowest BCUT2D eigenvalue weighted by molar-refractivity contribution is -0.116. The summed E-state index contributed by atoms with van der Waals surface area (Å²) in [4.78, 5) is 36.7. The van der Waals surface area contributed by atoms with Gasteiger partial charge in [0.15, 0.2) is 0 Å². The molecule has 0 radical (unpaired) electrons. The number of amides is 2. The van der Waals surface area contributed by atoms with Crippen LogP contribution < -0.4 is 20.4 Å². The van der Waals surface area contributed by atoms with Crippen LogP contribution in [0, 0.1) is 0 Å². The van der Waals surface area contributed by atoms with Crippen molar-refractivity contribution in [2.45, 2.75) is 62.2 Å². The number of nitrogens with zero attached hydrogens (tertiary/aromatic N) is 8. The van der Waals surface area contributed by atoms with Crippen molar-refractivity contribution in [3.63, 3.8) is 0 Å². The molecule has 6 heterocycles. The first-order valence-corrected chi connectivity index (χ1v) is 17.0. The molecule has 252 valence electrons. The van der Waals surface area contributed by atoms with Crippen molar-refractivity contribution >= 4 is 56.4 Å². The summed E-state index contributed by atoms with van der Waals surface area (Å²) in [7, 11) is 0. The van der Waals surface area contributed by atoms with E-state index in [0.29, 0.717) is 33.0 Å². The van der Waals surface area contributed by atoms with E-state index < -0.39 is 11.8 Å². The lowest BCUT2D eigenvalue weighted by Crippen LogP contribution is -2.56. The third kappa shape index (κ3) is 7.53. The van der Waals surface area contributed by atoms with Crippen LogP contribution >= 0.6 is 22.7 Å². The second-order valence-corrected chi connectivity index (χ2v) is 14.4. The molecule has 2 saturated heterocycles. The fourth-order valence-electron chi connectivity index (χ4n) is 6.00. The largest absolute Gasteiger partial charge is 0.344 e. The lowest BCUT2D eigenvalue weighted by atomic mass is 9.82. The summed E-state index contributed by atoms with van der Waals surface area (Å²) in [5.74, 6) is -4.73. The molecule has 3 fully saturated rings. The van der Waals surface area contributed by atoms with Crippen LogP contribution in [0.1, 0.15) is 58.7 Å². The van der Waals surface area contributed by atoms with Crippen LogP contribution in [0.15, 0.2) is 36.7 Å². The Morgan fingerprint density at radius 3 is 1.52 bits per heavy atom. The van der Waals surface area contributed by atoms with Crippen LogP contribution in [0.2, 0.25) is 0 Å². The number of hydrogen-bond donors (Lipinski definition) is 2. The molecule has 0 unspecified atom stereocenters. The molecule has 2 aliphatic heterocycles. The maximum absolute atomic E-state index is 13.1. The lowest BCUT2D eigenvalue weighted by Gasteiger charge is -2.39. The minimum Gasteiger partial charge on any atom is -0.344 e. The van der Waals surface area contributed by atoms with E-state index in [1.165, 1.54) is 44.9 Å². The standard InChI is InChI=1S/C30H30F4N10O2S2/c31-29(32)13-43(14-29)21-6-4-17(11-35-21)8-23(45)37-27-41-39-25(47-27)19-2-1-3-20(10-19)26-40-42-28(48-26)38-24(46)9-18-5-7-22(36-12-18)44-15-30(33,34)16-44/h4-7,11-12,19-20H,1-3,8-10,13-16H2,(H,37,41,45)(H,38,42,46)/t19-,20-/m0/s1. The number of anilines is 4. The minimum atomic E-state index is -2.68. The summed E-state index contributed by atoms with van der Waals surface area (Å²) in [5.41, 5.74) is 1.31. The maximum Gasteiger partial charge on any atom is 0.282 e. The Hall–Kier alpha value is -4.32. The van der Waals surface area contributed by atoms with E-state index in [-0.39, 0.29) is 62.7 Å². The van der Waals surface area contributed by atoms with Crippen LogP contribution in [0.3, 0.4) is 0 Å². The number of rotatable bonds is 10. The van der Waals surface area contributed by atoms with Crippen molar-refractivity contribution in [3.05, 3.63) is 57.8 Å². The summed E-state index contributed by atoms with van der Waals surface area (Å²) in [6, 6.07) is 6.68. The summed E-state index contributed by atoms with van der Waals surface area (Å²) >= 11 is 2.67. The number of carbonyl (C=O) groups excluding carboxylic acids is 2. The molecule has 2 N–H and O–H groups in total. The van der Waals surface area contributed by atoms with Crippen molar-refractivity contribution in [1.29, 1.82) is 0 Å². The van der Waals surface area contributed by atoms with Crippen LogP contribution in [-0.2, 0) is 22.4 Å². The Bertz CT molecular complexity index is 1640. The molecular formula is C30H30F4N10O2S2. The summed E-state index contributed by atoms with van der Waals surface area (Å²) < 4.78 is 52.5. The molecule has 2 amide bonds. The Morgan fingerprint density at radius 2 is 1.15 bits per heavy atom. The van der Waals surface area contributed by atoms with Gasteiger partial charge >= 0.3 is 0 Å². The minimum absolute atomic E-state index is 0.0609.